The second kappa shape index (κ2) is 9.64. The number of esters is 1. The molecule has 0 aliphatic heterocycles. The summed E-state index contributed by atoms with van der Waals surface area (Å²) in [6, 6.07) is 9.56. The molecule has 7 nitrogen and oxygen atoms in total. The standard InChI is InChI=1S/C21H24N2O5/c1-5-27-20-17(7-6-12-22-20)21(26)28-14(4)18(24)15-8-10-16(11-9-15)23-19(25)13(2)3/h6-14H,5H2,1-4H3,(H,23,25). The average Bonchev–Trinajstić information content (AvgIpc) is 2.68. The van der Waals surface area contributed by atoms with Crippen LogP contribution < -0.4 is 10.1 Å². The molecule has 1 atom stereocenters. The van der Waals surface area contributed by atoms with Crippen LogP contribution in [0.3, 0.4) is 0 Å². The van der Waals surface area contributed by atoms with Gasteiger partial charge in [-0.15, -0.1) is 0 Å². The summed E-state index contributed by atoms with van der Waals surface area (Å²) in [5.41, 5.74) is 1.13. The van der Waals surface area contributed by atoms with Crippen molar-refractivity contribution in [1.29, 1.82) is 0 Å². The quantitative estimate of drug-likeness (QED) is 0.553. The Morgan fingerprint density at radius 3 is 2.36 bits per heavy atom. The van der Waals surface area contributed by atoms with Crippen molar-refractivity contribution in [3.8, 4) is 5.88 Å². The number of aromatic nitrogens is 1. The number of amides is 1. The van der Waals surface area contributed by atoms with Crippen molar-refractivity contribution in [3.63, 3.8) is 0 Å². The average molecular weight is 384 g/mol. The van der Waals surface area contributed by atoms with E-state index in [1.807, 2.05) is 0 Å². The zero-order valence-corrected chi connectivity index (χ0v) is 16.4. The topological polar surface area (TPSA) is 94.6 Å². The molecule has 0 radical (unpaired) electrons. The lowest BCUT2D eigenvalue weighted by molar-refractivity contribution is -0.118. The summed E-state index contributed by atoms with van der Waals surface area (Å²) < 4.78 is 10.6. The van der Waals surface area contributed by atoms with Crippen LogP contribution >= 0.6 is 0 Å². The van der Waals surface area contributed by atoms with Gasteiger partial charge in [-0.25, -0.2) is 9.78 Å². The largest absolute Gasteiger partial charge is 0.477 e. The first-order valence-corrected chi connectivity index (χ1v) is 9.07. The Morgan fingerprint density at radius 2 is 1.75 bits per heavy atom. The molecule has 28 heavy (non-hydrogen) atoms. The van der Waals surface area contributed by atoms with Gasteiger partial charge in [0.25, 0.3) is 0 Å². The highest BCUT2D eigenvalue weighted by Crippen LogP contribution is 2.18. The molecule has 1 unspecified atom stereocenters. The van der Waals surface area contributed by atoms with Crippen LogP contribution in [0.4, 0.5) is 5.69 Å². The number of pyridine rings is 1. The highest BCUT2D eigenvalue weighted by Gasteiger charge is 2.23. The Hall–Kier alpha value is -3.22. The maximum Gasteiger partial charge on any atom is 0.344 e. The van der Waals surface area contributed by atoms with Crippen LogP contribution in [-0.2, 0) is 9.53 Å². The van der Waals surface area contributed by atoms with Crippen LogP contribution in [-0.4, -0.2) is 35.4 Å². The lowest BCUT2D eigenvalue weighted by atomic mass is 10.1. The van der Waals surface area contributed by atoms with Crippen LogP contribution in [0.15, 0.2) is 42.6 Å². The molecule has 0 fully saturated rings. The number of ketones is 1. The van der Waals surface area contributed by atoms with Gasteiger partial charge in [-0.05, 0) is 50.2 Å². The summed E-state index contributed by atoms with van der Waals surface area (Å²) >= 11 is 0. The molecule has 1 N–H and O–H groups in total. The van der Waals surface area contributed by atoms with E-state index in [4.69, 9.17) is 9.47 Å². The highest BCUT2D eigenvalue weighted by molar-refractivity contribution is 6.02. The number of carbonyl (C=O) groups excluding carboxylic acids is 3. The maximum atomic E-state index is 12.6. The normalized spacial score (nSPS) is 11.6. The molecule has 1 heterocycles. The van der Waals surface area contributed by atoms with E-state index in [0.717, 1.165) is 0 Å². The highest BCUT2D eigenvalue weighted by atomic mass is 16.5. The smallest absolute Gasteiger partial charge is 0.344 e. The summed E-state index contributed by atoms with van der Waals surface area (Å²) in [5, 5.41) is 2.75. The zero-order valence-electron chi connectivity index (χ0n) is 16.4. The summed E-state index contributed by atoms with van der Waals surface area (Å²) in [6.07, 6.45) is 0.522. The van der Waals surface area contributed by atoms with E-state index in [2.05, 4.69) is 10.3 Å². The molecule has 0 saturated heterocycles. The van der Waals surface area contributed by atoms with Crippen LogP contribution in [0.5, 0.6) is 5.88 Å². The van der Waals surface area contributed by atoms with Crippen molar-refractivity contribution in [2.75, 3.05) is 11.9 Å². The third-order valence-corrected chi connectivity index (χ3v) is 3.89. The lowest BCUT2D eigenvalue weighted by Gasteiger charge is -2.14. The van der Waals surface area contributed by atoms with Gasteiger partial charge in [-0.3, -0.25) is 9.59 Å². The first-order valence-electron chi connectivity index (χ1n) is 9.07. The third-order valence-electron chi connectivity index (χ3n) is 3.89. The van der Waals surface area contributed by atoms with E-state index in [1.54, 1.807) is 51.1 Å². The number of ether oxygens (including phenoxy) is 2. The molecule has 0 bridgehead atoms. The molecule has 2 rings (SSSR count). The molecule has 0 aliphatic carbocycles. The van der Waals surface area contributed by atoms with Gasteiger partial charge < -0.3 is 14.8 Å². The van der Waals surface area contributed by atoms with Crippen LogP contribution in [0.25, 0.3) is 0 Å². The molecule has 7 heteroatoms. The van der Waals surface area contributed by atoms with Gasteiger partial charge in [0.05, 0.1) is 6.61 Å². The Kier molecular flexibility index (Phi) is 7.26. The lowest BCUT2D eigenvalue weighted by Crippen LogP contribution is -2.25. The van der Waals surface area contributed by atoms with E-state index in [9.17, 15) is 14.4 Å². The Labute approximate surface area is 164 Å². The fourth-order valence-corrected chi connectivity index (χ4v) is 2.31. The molecule has 1 amide bonds. The van der Waals surface area contributed by atoms with E-state index in [-0.39, 0.29) is 29.1 Å². The maximum absolute atomic E-state index is 12.6. The predicted molar refractivity (Wildman–Crippen MR) is 105 cm³/mol. The van der Waals surface area contributed by atoms with E-state index >= 15 is 0 Å². The monoisotopic (exact) mass is 384 g/mol. The van der Waals surface area contributed by atoms with Crippen molar-refractivity contribution in [3.05, 3.63) is 53.7 Å². The number of carbonyl (C=O) groups is 3. The molecular formula is C21H24N2O5. The summed E-state index contributed by atoms with van der Waals surface area (Å²) in [6.45, 7) is 7.23. The van der Waals surface area contributed by atoms with Gasteiger partial charge in [0.2, 0.25) is 17.6 Å². The second-order valence-corrected chi connectivity index (χ2v) is 6.42. The minimum atomic E-state index is -0.988. The number of benzene rings is 1. The van der Waals surface area contributed by atoms with E-state index < -0.39 is 12.1 Å². The van der Waals surface area contributed by atoms with Gasteiger partial charge in [0.1, 0.15) is 5.56 Å². The molecule has 1 aromatic heterocycles. The second-order valence-electron chi connectivity index (χ2n) is 6.42. The SMILES string of the molecule is CCOc1ncccc1C(=O)OC(C)C(=O)c1ccc(NC(=O)C(C)C)cc1. The molecular weight excluding hydrogens is 360 g/mol. The minimum Gasteiger partial charge on any atom is -0.477 e. The van der Waals surface area contributed by atoms with Crippen molar-refractivity contribution in [2.24, 2.45) is 5.92 Å². The van der Waals surface area contributed by atoms with E-state index in [0.29, 0.717) is 17.9 Å². The molecule has 2 aromatic rings. The number of anilines is 1. The van der Waals surface area contributed by atoms with Crippen LogP contribution in [0.1, 0.15) is 48.4 Å². The van der Waals surface area contributed by atoms with Crippen molar-refractivity contribution >= 4 is 23.3 Å². The number of hydrogen-bond donors (Lipinski definition) is 1. The molecule has 0 saturated carbocycles. The fourth-order valence-electron chi connectivity index (χ4n) is 2.31. The summed E-state index contributed by atoms with van der Waals surface area (Å²) in [7, 11) is 0. The van der Waals surface area contributed by atoms with Crippen LogP contribution in [0, 0.1) is 5.92 Å². The van der Waals surface area contributed by atoms with Gasteiger partial charge >= 0.3 is 5.97 Å². The number of Topliss-reactive ketones (excluding diaryl/α,β-unsaturated/α-hetero) is 1. The predicted octanol–water partition coefficient (Wildman–Crippen LogP) is 3.50. The number of nitrogens with one attached hydrogen (secondary N) is 1. The Morgan fingerprint density at radius 1 is 1.07 bits per heavy atom. The van der Waals surface area contributed by atoms with E-state index in [1.165, 1.54) is 19.2 Å². The first-order chi connectivity index (χ1) is 13.3. The fraction of sp³-hybridized carbons (Fsp3) is 0.333. The zero-order chi connectivity index (χ0) is 20.7. The summed E-state index contributed by atoms with van der Waals surface area (Å²) in [5.74, 6) is -1.12. The van der Waals surface area contributed by atoms with Gasteiger partial charge in [0.15, 0.2) is 6.10 Å². The van der Waals surface area contributed by atoms with Crippen LogP contribution in [0.2, 0.25) is 0 Å². The summed E-state index contributed by atoms with van der Waals surface area (Å²) in [4.78, 5) is 40.7. The van der Waals surface area contributed by atoms with Gasteiger partial charge in [0, 0.05) is 23.4 Å². The molecule has 148 valence electrons. The molecule has 1 aromatic carbocycles. The van der Waals surface area contributed by atoms with Crippen molar-refractivity contribution < 1.29 is 23.9 Å². The number of rotatable bonds is 8. The van der Waals surface area contributed by atoms with Crippen molar-refractivity contribution in [2.45, 2.75) is 33.8 Å². The Bertz CT molecular complexity index is 846. The third kappa shape index (κ3) is 5.39. The molecule has 0 aliphatic rings. The number of hydrogen-bond acceptors (Lipinski definition) is 6. The first kappa shape index (κ1) is 21.1. The van der Waals surface area contributed by atoms with Crippen molar-refractivity contribution in [1.82, 2.24) is 4.98 Å². The molecule has 0 spiro atoms. The van der Waals surface area contributed by atoms with Gasteiger partial charge in [-0.2, -0.15) is 0 Å². The number of nitrogens with zero attached hydrogens (tertiary/aromatic N) is 1. The minimum absolute atomic E-state index is 0.108. The Balaban J connectivity index is 2.04. The van der Waals surface area contributed by atoms with Gasteiger partial charge in [-0.1, -0.05) is 13.8 Å².